The number of pyridine rings is 1. The molecule has 0 amide bonds. The van der Waals surface area contributed by atoms with Crippen LogP contribution in [-0.4, -0.2) is 45.4 Å². The van der Waals surface area contributed by atoms with Gasteiger partial charge in [-0.15, -0.1) is 0 Å². The van der Waals surface area contributed by atoms with E-state index in [0.29, 0.717) is 0 Å². The molecule has 2 aromatic heterocycles. The number of hydrogen-bond acceptors (Lipinski definition) is 3. The van der Waals surface area contributed by atoms with E-state index in [-0.39, 0.29) is 0 Å². The molecule has 25 heavy (non-hydrogen) atoms. The Balaban J connectivity index is 1.35. The molecular weight excluding hydrogens is 355 g/mol. The number of piperazine rings is 1. The summed E-state index contributed by atoms with van der Waals surface area (Å²) >= 11 is 12.6. The third-order valence-corrected chi connectivity index (χ3v) is 5.42. The largest absolute Gasteiger partial charge is 0.307 e. The second-order valence-corrected chi connectivity index (χ2v) is 7.27. The fraction of sp³-hybridized carbons (Fsp3) is 0.316. The van der Waals surface area contributed by atoms with Gasteiger partial charge in [-0.2, -0.15) is 0 Å². The minimum absolute atomic E-state index is 0.750. The van der Waals surface area contributed by atoms with Crippen LogP contribution in [0.15, 0.2) is 48.8 Å². The lowest BCUT2D eigenvalue weighted by Gasteiger charge is -2.34. The summed E-state index contributed by atoms with van der Waals surface area (Å²) in [4.78, 5) is 9.55. The van der Waals surface area contributed by atoms with Gasteiger partial charge in [-0.1, -0.05) is 35.3 Å². The predicted octanol–water partition coefficient (Wildman–Crippen LogP) is 3.96. The number of fused-ring (bicyclic) bond motifs is 1. The van der Waals surface area contributed by atoms with Gasteiger partial charge in [0.05, 0.1) is 5.69 Å². The van der Waals surface area contributed by atoms with Gasteiger partial charge in [0.25, 0.3) is 0 Å². The second-order valence-electron chi connectivity index (χ2n) is 6.45. The van der Waals surface area contributed by atoms with Crippen molar-refractivity contribution in [3.05, 3.63) is 70.1 Å². The van der Waals surface area contributed by atoms with Gasteiger partial charge >= 0.3 is 0 Å². The number of imidazole rings is 1. The van der Waals surface area contributed by atoms with Gasteiger partial charge < -0.3 is 4.40 Å². The Morgan fingerprint density at radius 1 is 0.840 bits per heavy atom. The summed E-state index contributed by atoms with van der Waals surface area (Å²) in [6.07, 6.45) is 4.16. The first-order chi connectivity index (χ1) is 12.2. The van der Waals surface area contributed by atoms with Gasteiger partial charge in [-0.3, -0.25) is 9.80 Å². The summed E-state index contributed by atoms with van der Waals surface area (Å²) in [5, 5.41) is 1.50. The van der Waals surface area contributed by atoms with Crippen LogP contribution in [0.1, 0.15) is 11.3 Å². The predicted molar refractivity (Wildman–Crippen MR) is 102 cm³/mol. The van der Waals surface area contributed by atoms with Crippen molar-refractivity contribution >= 4 is 28.8 Å². The first-order valence-corrected chi connectivity index (χ1v) is 9.25. The van der Waals surface area contributed by atoms with Crippen LogP contribution in [0.25, 0.3) is 5.65 Å². The Kier molecular flexibility index (Phi) is 4.95. The van der Waals surface area contributed by atoms with Gasteiger partial charge in [-0.25, -0.2) is 4.98 Å². The molecule has 0 unspecified atom stereocenters. The molecule has 4 nitrogen and oxygen atoms in total. The van der Waals surface area contributed by atoms with Crippen molar-refractivity contribution in [2.45, 2.75) is 13.1 Å². The first-order valence-electron chi connectivity index (χ1n) is 8.49. The summed E-state index contributed by atoms with van der Waals surface area (Å²) in [7, 11) is 0. The Bertz CT molecular complexity index is 815. The molecule has 6 heteroatoms. The van der Waals surface area contributed by atoms with Crippen LogP contribution in [0, 0.1) is 0 Å². The number of nitrogens with zero attached hydrogens (tertiary/aromatic N) is 4. The molecule has 3 heterocycles. The summed E-state index contributed by atoms with van der Waals surface area (Å²) < 4.78 is 2.07. The SMILES string of the molecule is Clc1cccc(Cl)c1CN1CCN(Cc2cn3ccccc3n2)CC1. The van der Waals surface area contributed by atoms with Crippen molar-refractivity contribution in [1.82, 2.24) is 19.2 Å². The topological polar surface area (TPSA) is 23.8 Å². The summed E-state index contributed by atoms with van der Waals surface area (Å²) in [6.45, 7) is 5.76. The number of halogens is 2. The summed E-state index contributed by atoms with van der Waals surface area (Å²) in [6, 6.07) is 11.8. The van der Waals surface area contributed by atoms with Crippen molar-refractivity contribution in [3.8, 4) is 0 Å². The van der Waals surface area contributed by atoms with E-state index in [4.69, 9.17) is 23.2 Å². The molecule has 1 fully saturated rings. The molecule has 0 bridgehead atoms. The molecule has 0 N–H and O–H groups in total. The van der Waals surface area contributed by atoms with Crippen LogP contribution >= 0.6 is 23.2 Å². The number of rotatable bonds is 4. The van der Waals surface area contributed by atoms with Gasteiger partial charge in [0, 0.05) is 67.3 Å². The molecule has 0 radical (unpaired) electrons. The van der Waals surface area contributed by atoms with Crippen LogP contribution in [0.2, 0.25) is 10.0 Å². The zero-order valence-electron chi connectivity index (χ0n) is 13.9. The monoisotopic (exact) mass is 374 g/mol. The second kappa shape index (κ2) is 7.34. The molecule has 0 saturated carbocycles. The van der Waals surface area contributed by atoms with Crippen molar-refractivity contribution < 1.29 is 0 Å². The van der Waals surface area contributed by atoms with Crippen molar-refractivity contribution in [1.29, 1.82) is 0 Å². The highest BCUT2D eigenvalue weighted by Crippen LogP contribution is 2.26. The number of aromatic nitrogens is 2. The molecule has 4 rings (SSSR count). The maximum atomic E-state index is 6.29. The standard InChI is InChI=1S/C19H20Cl2N4/c20-17-4-3-5-18(21)16(17)14-24-10-8-23(9-11-24)12-15-13-25-7-2-1-6-19(25)22-15/h1-7,13H,8-12,14H2. The lowest BCUT2D eigenvalue weighted by molar-refractivity contribution is 0.121. The molecule has 0 spiro atoms. The summed E-state index contributed by atoms with van der Waals surface area (Å²) in [5.41, 5.74) is 3.15. The zero-order valence-corrected chi connectivity index (χ0v) is 15.4. The lowest BCUT2D eigenvalue weighted by atomic mass is 10.2. The fourth-order valence-corrected chi connectivity index (χ4v) is 3.82. The van der Waals surface area contributed by atoms with E-state index in [9.17, 15) is 0 Å². The molecule has 1 aliphatic rings. The van der Waals surface area contributed by atoms with Crippen molar-refractivity contribution in [2.24, 2.45) is 0 Å². The van der Waals surface area contributed by atoms with Gasteiger partial charge in [0.15, 0.2) is 0 Å². The van der Waals surface area contributed by atoms with E-state index in [0.717, 1.165) is 66.2 Å². The summed E-state index contributed by atoms with van der Waals surface area (Å²) in [5.74, 6) is 0. The maximum absolute atomic E-state index is 6.29. The van der Waals surface area contributed by atoms with Crippen molar-refractivity contribution in [3.63, 3.8) is 0 Å². The highest BCUT2D eigenvalue weighted by Gasteiger charge is 2.19. The van der Waals surface area contributed by atoms with E-state index in [1.54, 1.807) is 0 Å². The van der Waals surface area contributed by atoms with Gasteiger partial charge in [-0.05, 0) is 24.3 Å². The Morgan fingerprint density at radius 2 is 1.52 bits per heavy atom. The smallest absolute Gasteiger partial charge is 0.137 e. The lowest BCUT2D eigenvalue weighted by Crippen LogP contribution is -2.45. The molecule has 0 aliphatic carbocycles. The molecule has 1 saturated heterocycles. The van der Waals surface area contributed by atoms with Crippen LogP contribution in [0.4, 0.5) is 0 Å². The van der Waals surface area contributed by atoms with Crippen LogP contribution in [0.3, 0.4) is 0 Å². The number of benzene rings is 1. The van der Waals surface area contributed by atoms with Crippen molar-refractivity contribution in [2.75, 3.05) is 26.2 Å². The van der Waals surface area contributed by atoms with Crippen LogP contribution in [-0.2, 0) is 13.1 Å². The molecular formula is C19H20Cl2N4. The van der Waals surface area contributed by atoms with E-state index in [2.05, 4.69) is 25.4 Å². The maximum Gasteiger partial charge on any atom is 0.137 e. The van der Waals surface area contributed by atoms with E-state index >= 15 is 0 Å². The van der Waals surface area contributed by atoms with E-state index in [1.807, 2.05) is 42.6 Å². The molecule has 130 valence electrons. The Labute approximate surface area is 157 Å². The Morgan fingerprint density at radius 3 is 2.20 bits per heavy atom. The number of hydrogen-bond donors (Lipinski definition) is 0. The third-order valence-electron chi connectivity index (χ3n) is 4.71. The average molecular weight is 375 g/mol. The van der Waals surface area contributed by atoms with E-state index < -0.39 is 0 Å². The minimum Gasteiger partial charge on any atom is -0.307 e. The average Bonchev–Trinajstić information content (AvgIpc) is 3.02. The molecule has 3 aromatic rings. The molecule has 0 atom stereocenters. The fourth-order valence-electron chi connectivity index (χ4n) is 3.30. The van der Waals surface area contributed by atoms with Crippen LogP contribution < -0.4 is 0 Å². The van der Waals surface area contributed by atoms with Gasteiger partial charge in [0.1, 0.15) is 5.65 Å². The highest BCUT2D eigenvalue weighted by atomic mass is 35.5. The first kappa shape index (κ1) is 16.9. The third kappa shape index (κ3) is 3.82. The van der Waals surface area contributed by atoms with E-state index in [1.165, 1.54) is 0 Å². The van der Waals surface area contributed by atoms with Crippen LogP contribution in [0.5, 0.6) is 0 Å². The molecule has 1 aliphatic heterocycles. The normalized spacial score (nSPS) is 16.6. The van der Waals surface area contributed by atoms with Gasteiger partial charge in [0.2, 0.25) is 0 Å². The highest BCUT2D eigenvalue weighted by molar-refractivity contribution is 6.35. The minimum atomic E-state index is 0.750. The Hall–Kier alpha value is -1.59. The molecule has 1 aromatic carbocycles. The zero-order chi connectivity index (χ0) is 17.2. The quantitative estimate of drug-likeness (QED) is 0.690.